The normalized spacial score (nSPS) is 14.6. The van der Waals surface area contributed by atoms with Crippen LogP contribution in [-0.2, 0) is 9.59 Å². The van der Waals surface area contributed by atoms with Gasteiger partial charge in [0.1, 0.15) is 16.5 Å². The predicted octanol–water partition coefficient (Wildman–Crippen LogP) is 2.74. The van der Waals surface area contributed by atoms with Crippen molar-refractivity contribution in [2.45, 2.75) is 13.0 Å². The van der Waals surface area contributed by atoms with Crippen LogP contribution in [0.4, 0.5) is 15.9 Å². The lowest BCUT2D eigenvalue weighted by Crippen LogP contribution is -2.50. The smallest absolute Gasteiger partial charge is 0.266 e. The van der Waals surface area contributed by atoms with Gasteiger partial charge in [0.2, 0.25) is 5.91 Å². The maximum absolute atomic E-state index is 12.9. The van der Waals surface area contributed by atoms with E-state index in [0.29, 0.717) is 16.0 Å². The summed E-state index contributed by atoms with van der Waals surface area (Å²) in [6, 6.07) is 7.94. The fraction of sp³-hybridized carbons (Fsp3) is 0.188. The Morgan fingerprint density at radius 1 is 1.33 bits per heavy atom. The third kappa shape index (κ3) is 3.23. The number of nitrogens with zero attached hydrogens (tertiary/aromatic N) is 2. The molecule has 0 radical (unpaired) electrons. The van der Waals surface area contributed by atoms with E-state index in [1.54, 1.807) is 19.1 Å². The van der Waals surface area contributed by atoms with Gasteiger partial charge in [-0.15, -0.1) is 0 Å². The van der Waals surface area contributed by atoms with Crippen LogP contribution in [0.1, 0.15) is 6.92 Å². The number of anilines is 2. The quantitative estimate of drug-likeness (QED) is 0.813. The van der Waals surface area contributed by atoms with Gasteiger partial charge in [0.15, 0.2) is 18.2 Å². The number of carbonyl (C=O) groups is 2. The lowest BCUT2D eigenvalue weighted by atomic mass is 10.2. The van der Waals surface area contributed by atoms with Gasteiger partial charge >= 0.3 is 0 Å². The number of nitrogens with one attached hydrogen (secondary N) is 1. The topological polar surface area (TPSA) is 71.5 Å². The van der Waals surface area contributed by atoms with Crippen LogP contribution < -0.4 is 15.0 Å². The Labute approximate surface area is 145 Å². The van der Waals surface area contributed by atoms with E-state index in [0.717, 1.165) is 0 Å². The zero-order valence-corrected chi connectivity index (χ0v) is 14.2. The minimum Gasteiger partial charge on any atom is -0.480 e. The fourth-order valence-electron chi connectivity index (χ4n) is 2.32. The summed E-state index contributed by atoms with van der Waals surface area (Å²) in [5.74, 6) is -0.464. The van der Waals surface area contributed by atoms with Crippen molar-refractivity contribution in [2.75, 3.05) is 16.8 Å². The number of halogens is 2. The molecule has 1 aromatic heterocycles. The number of aromatic nitrogens is 1. The summed E-state index contributed by atoms with van der Waals surface area (Å²) in [6.45, 7) is 1.43. The summed E-state index contributed by atoms with van der Waals surface area (Å²) < 4.78 is 18.8. The number of rotatable bonds is 3. The number of hydrogen-bond acceptors (Lipinski definition) is 4. The monoisotopic (exact) mass is 393 g/mol. The first-order valence-electron chi connectivity index (χ1n) is 7.13. The van der Waals surface area contributed by atoms with Crippen LogP contribution >= 0.6 is 15.9 Å². The van der Waals surface area contributed by atoms with Gasteiger partial charge in [0.25, 0.3) is 5.91 Å². The molecule has 1 aliphatic heterocycles. The first-order valence-corrected chi connectivity index (χ1v) is 7.93. The number of ether oxygens (including phenoxy) is 1. The Morgan fingerprint density at radius 2 is 2.04 bits per heavy atom. The van der Waals surface area contributed by atoms with Crippen molar-refractivity contribution in [3.63, 3.8) is 0 Å². The highest BCUT2D eigenvalue weighted by molar-refractivity contribution is 9.10. The first kappa shape index (κ1) is 16.4. The predicted molar refractivity (Wildman–Crippen MR) is 89.4 cm³/mol. The van der Waals surface area contributed by atoms with Crippen molar-refractivity contribution in [1.29, 1.82) is 0 Å². The van der Waals surface area contributed by atoms with E-state index in [9.17, 15) is 14.0 Å². The lowest BCUT2D eigenvalue weighted by molar-refractivity contribution is -0.125. The minimum absolute atomic E-state index is 0.162. The minimum atomic E-state index is -0.813. The van der Waals surface area contributed by atoms with E-state index in [2.05, 4.69) is 26.2 Å². The Bertz CT molecular complexity index is 798. The molecule has 2 aromatic rings. The molecule has 1 atom stereocenters. The molecule has 6 nitrogen and oxygen atoms in total. The van der Waals surface area contributed by atoms with E-state index in [-0.39, 0.29) is 18.3 Å². The van der Waals surface area contributed by atoms with Gasteiger partial charge in [-0.25, -0.2) is 9.37 Å². The molecular weight excluding hydrogens is 381 g/mol. The SMILES string of the molecule is CC(C(=O)Nc1ccc(F)cc1)N1C(=O)COc2ccc(Br)nc21. The highest BCUT2D eigenvalue weighted by atomic mass is 79.9. The maximum Gasteiger partial charge on any atom is 0.266 e. The van der Waals surface area contributed by atoms with Crippen LogP contribution in [0.3, 0.4) is 0 Å². The maximum atomic E-state index is 12.9. The molecule has 1 unspecified atom stereocenters. The third-order valence-corrected chi connectivity index (χ3v) is 3.97. The van der Waals surface area contributed by atoms with Crippen LogP contribution in [0.2, 0.25) is 0 Å². The number of amides is 2. The van der Waals surface area contributed by atoms with Crippen molar-refractivity contribution >= 4 is 39.2 Å². The molecule has 0 saturated carbocycles. The molecule has 24 heavy (non-hydrogen) atoms. The second-order valence-corrected chi connectivity index (χ2v) is 5.99. The second kappa shape index (κ2) is 6.56. The summed E-state index contributed by atoms with van der Waals surface area (Å²) in [7, 11) is 0. The molecule has 8 heteroatoms. The Kier molecular flexibility index (Phi) is 4.48. The molecule has 0 spiro atoms. The molecule has 124 valence electrons. The third-order valence-electron chi connectivity index (χ3n) is 3.53. The van der Waals surface area contributed by atoms with Crippen molar-refractivity contribution in [3.05, 3.63) is 46.8 Å². The summed E-state index contributed by atoms with van der Waals surface area (Å²) in [5, 5.41) is 2.65. The number of hydrogen-bond donors (Lipinski definition) is 1. The van der Waals surface area contributed by atoms with Gasteiger partial charge < -0.3 is 10.1 Å². The van der Waals surface area contributed by atoms with Gasteiger partial charge in [-0.05, 0) is 59.3 Å². The molecule has 1 aromatic carbocycles. The van der Waals surface area contributed by atoms with Crippen molar-refractivity contribution in [3.8, 4) is 5.75 Å². The summed E-state index contributed by atoms with van der Waals surface area (Å²) in [5.41, 5.74) is 0.441. The van der Waals surface area contributed by atoms with E-state index < -0.39 is 17.8 Å². The van der Waals surface area contributed by atoms with Crippen LogP contribution in [-0.4, -0.2) is 29.4 Å². The van der Waals surface area contributed by atoms with Crippen LogP contribution in [0.25, 0.3) is 0 Å². The van der Waals surface area contributed by atoms with Crippen molar-refractivity contribution < 1.29 is 18.7 Å². The fourth-order valence-corrected chi connectivity index (χ4v) is 2.62. The molecule has 1 N–H and O–H groups in total. The molecule has 2 heterocycles. The van der Waals surface area contributed by atoms with Gasteiger partial charge in [0.05, 0.1) is 0 Å². The molecule has 3 rings (SSSR count). The molecule has 2 amide bonds. The average molecular weight is 394 g/mol. The van der Waals surface area contributed by atoms with Gasteiger partial charge in [0, 0.05) is 5.69 Å². The molecule has 0 saturated heterocycles. The zero-order chi connectivity index (χ0) is 17.3. The van der Waals surface area contributed by atoms with E-state index in [4.69, 9.17) is 4.74 Å². The van der Waals surface area contributed by atoms with E-state index in [1.807, 2.05) is 0 Å². The number of carbonyl (C=O) groups excluding carboxylic acids is 2. The molecule has 0 bridgehead atoms. The molecular formula is C16H13BrFN3O3. The van der Waals surface area contributed by atoms with Gasteiger partial charge in [-0.1, -0.05) is 0 Å². The first-order chi connectivity index (χ1) is 11.5. The van der Waals surface area contributed by atoms with Crippen LogP contribution in [0.15, 0.2) is 41.0 Å². The zero-order valence-electron chi connectivity index (χ0n) is 12.6. The number of benzene rings is 1. The van der Waals surface area contributed by atoms with Crippen LogP contribution in [0.5, 0.6) is 5.75 Å². The number of fused-ring (bicyclic) bond motifs is 1. The molecule has 1 aliphatic rings. The average Bonchev–Trinajstić information content (AvgIpc) is 2.56. The largest absolute Gasteiger partial charge is 0.480 e. The highest BCUT2D eigenvalue weighted by Crippen LogP contribution is 2.32. The summed E-state index contributed by atoms with van der Waals surface area (Å²) in [6.07, 6.45) is 0. The Hall–Kier alpha value is -2.48. The van der Waals surface area contributed by atoms with Crippen molar-refractivity contribution in [1.82, 2.24) is 4.98 Å². The van der Waals surface area contributed by atoms with E-state index in [1.165, 1.54) is 29.2 Å². The molecule has 0 aliphatic carbocycles. The summed E-state index contributed by atoms with van der Waals surface area (Å²) in [4.78, 5) is 30.2. The van der Waals surface area contributed by atoms with Crippen molar-refractivity contribution in [2.24, 2.45) is 0 Å². The highest BCUT2D eigenvalue weighted by Gasteiger charge is 2.34. The second-order valence-electron chi connectivity index (χ2n) is 5.18. The van der Waals surface area contributed by atoms with Gasteiger partial charge in [-0.3, -0.25) is 14.5 Å². The van der Waals surface area contributed by atoms with E-state index >= 15 is 0 Å². The molecule has 0 fully saturated rings. The Balaban J connectivity index is 1.84. The van der Waals surface area contributed by atoms with Gasteiger partial charge in [-0.2, -0.15) is 0 Å². The lowest BCUT2D eigenvalue weighted by Gasteiger charge is -2.32. The Morgan fingerprint density at radius 3 is 2.75 bits per heavy atom. The van der Waals surface area contributed by atoms with Crippen LogP contribution in [0, 0.1) is 5.82 Å². The number of pyridine rings is 1. The summed E-state index contributed by atoms with van der Waals surface area (Å²) >= 11 is 3.24. The standard InChI is InChI=1S/C16H13BrFN3O3/c1-9(16(23)19-11-4-2-10(18)3-5-11)21-14(22)8-24-12-6-7-13(17)20-15(12)21/h2-7,9H,8H2,1H3,(H,19,23).